The van der Waals surface area contributed by atoms with Gasteiger partial charge in [0.05, 0.1) is 0 Å². The monoisotopic (exact) mass is 1090 g/mol. The standard InChI is InChI=1S/C27H30OS.C18H20O.C10H14S.CH4.I2/c1-15-14-16(2)18(4)26(17(15)3)29-27-21(7)19(5)24(20(6)22(27)8)25(28)23-12-10-9-11-13-23;1-11-12(2)14(4)17(15(5)13(11)3)18(19)16-9-7-6-8-10-16;1-6-5-7(2)9(4)10(11)8(6)3;;1-2/h9-14H,1-8H3;6-10H,1-5H3;5,11H,1-4H3;1H4;. The molecule has 0 saturated heterocycles. The lowest BCUT2D eigenvalue weighted by molar-refractivity contribution is 0.102. The lowest BCUT2D eigenvalue weighted by Gasteiger charge is -2.22. The molecule has 0 heterocycles. The minimum atomic E-state index is 0. The van der Waals surface area contributed by atoms with Crippen molar-refractivity contribution in [1.82, 2.24) is 0 Å². The molecule has 6 aromatic carbocycles. The highest BCUT2D eigenvalue weighted by molar-refractivity contribution is 15.0. The summed E-state index contributed by atoms with van der Waals surface area (Å²) in [7, 11) is 0. The van der Waals surface area contributed by atoms with E-state index in [9.17, 15) is 9.59 Å². The molecule has 2 nitrogen and oxygen atoms in total. The quantitative estimate of drug-likeness (QED) is 0.103. The van der Waals surface area contributed by atoms with Gasteiger partial charge < -0.3 is 0 Å². The topological polar surface area (TPSA) is 34.1 Å². The molecule has 0 saturated carbocycles. The SMILES string of the molecule is C.Cc1c(C)c(C)c(C(=O)c2ccccc2)c(C)c1C.Cc1cc(C)c(C)c(S)c1C.Cc1cc(C)c(C)c(Sc2c(C)c(C)c(C(=O)c3ccccc3)c(C)c2C)c1C.II. The number of rotatable bonds is 6. The molecule has 0 aliphatic rings. The molecule has 0 spiro atoms. The molecule has 6 heteroatoms. The first-order chi connectivity index (χ1) is 28.6. The Morgan fingerprint density at radius 2 is 0.645 bits per heavy atom. The molecule has 6 aromatic rings. The van der Waals surface area contributed by atoms with Gasteiger partial charge in [0.15, 0.2) is 11.6 Å². The third kappa shape index (κ3) is 12.1. The summed E-state index contributed by atoms with van der Waals surface area (Å²) in [5.41, 5.74) is 24.4. The Balaban J connectivity index is 0.000000344. The van der Waals surface area contributed by atoms with Crippen molar-refractivity contribution in [2.45, 2.75) is 140 Å². The van der Waals surface area contributed by atoms with Crippen molar-refractivity contribution < 1.29 is 9.59 Å². The zero-order chi connectivity index (χ0) is 46.2. The summed E-state index contributed by atoms with van der Waals surface area (Å²) in [6, 6.07) is 23.6. The van der Waals surface area contributed by atoms with Gasteiger partial charge in [0.2, 0.25) is 0 Å². The molecule has 330 valence electrons. The Morgan fingerprint density at radius 3 is 0.968 bits per heavy atom. The van der Waals surface area contributed by atoms with Crippen molar-refractivity contribution in [1.29, 1.82) is 0 Å². The number of carbonyl (C=O) groups is 2. The molecule has 0 aromatic heterocycles. The highest BCUT2D eigenvalue weighted by atomic mass is 128. The van der Waals surface area contributed by atoms with Crippen LogP contribution in [-0.4, -0.2) is 11.6 Å². The van der Waals surface area contributed by atoms with Gasteiger partial charge >= 0.3 is 0 Å². The lowest BCUT2D eigenvalue weighted by atomic mass is 9.86. The number of thiol groups is 1. The second kappa shape index (κ2) is 24.2. The van der Waals surface area contributed by atoms with Crippen molar-refractivity contribution in [2.24, 2.45) is 0 Å². The Labute approximate surface area is 408 Å². The van der Waals surface area contributed by atoms with E-state index in [-0.39, 0.29) is 19.0 Å². The summed E-state index contributed by atoms with van der Waals surface area (Å²) in [5, 5.41) is 0. The second-order valence-corrected chi connectivity index (χ2v) is 17.9. The molecule has 62 heavy (non-hydrogen) atoms. The highest BCUT2D eigenvalue weighted by Gasteiger charge is 2.23. The minimum absolute atomic E-state index is 0. The van der Waals surface area contributed by atoms with Gasteiger partial charge in [-0.2, -0.15) is 0 Å². The number of aryl methyl sites for hydroxylation is 4. The molecule has 0 aliphatic carbocycles. The molecule has 6 rings (SSSR count). The van der Waals surface area contributed by atoms with E-state index < -0.39 is 0 Å². The maximum Gasteiger partial charge on any atom is 0.193 e. The molecule has 0 N–H and O–H groups in total. The Kier molecular flexibility index (Phi) is 21.5. The number of ketones is 2. The smallest absolute Gasteiger partial charge is 0.193 e. The molecule has 0 radical (unpaired) electrons. The van der Waals surface area contributed by atoms with Crippen molar-refractivity contribution in [3.63, 3.8) is 0 Å². The average molecular weight is 1090 g/mol. The zero-order valence-corrected chi connectivity index (χ0v) is 45.4. The maximum atomic E-state index is 13.3. The third-order valence-electron chi connectivity index (χ3n) is 12.9. The first-order valence-corrected chi connectivity index (χ1v) is 28.2. The van der Waals surface area contributed by atoms with Gasteiger partial charge in [0, 0.05) is 74.2 Å². The van der Waals surface area contributed by atoms with Crippen LogP contribution in [0.5, 0.6) is 0 Å². The molecule has 0 bridgehead atoms. The largest absolute Gasteiger partial charge is 0.289 e. The fourth-order valence-electron chi connectivity index (χ4n) is 7.71. The van der Waals surface area contributed by atoms with E-state index in [4.69, 9.17) is 0 Å². The van der Waals surface area contributed by atoms with Crippen LogP contribution in [0.1, 0.15) is 134 Å². The van der Waals surface area contributed by atoms with Gasteiger partial charge in [0.25, 0.3) is 0 Å². The molecular formula is C56H68I2O2S2. The van der Waals surface area contributed by atoms with Crippen LogP contribution < -0.4 is 0 Å². The summed E-state index contributed by atoms with van der Waals surface area (Å²) in [4.78, 5) is 29.7. The molecule has 0 atom stereocenters. The van der Waals surface area contributed by atoms with Gasteiger partial charge in [0.1, 0.15) is 0 Å². The van der Waals surface area contributed by atoms with Crippen LogP contribution >= 0.6 is 61.6 Å². The van der Waals surface area contributed by atoms with E-state index in [0.717, 1.165) is 49.4 Å². The predicted molar refractivity (Wildman–Crippen MR) is 292 cm³/mol. The third-order valence-corrected chi connectivity index (χ3v) is 15.2. The molecule has 0 unspecified atom stereocenters. The van der Waals surface area contributed by atoms with E-state index in [0.29, 0.717) is 0 Å². The van der Waals surface area contributed by atoms with Crippen LogP contribution in [0.15, 0.2) is 87.5 Å². The van der Waals surface area contributed by atoms with Crippen LogP contribution in [0.3, 0.4) is 0 Å². The van der Waals surface area contributed by atoms with E-state index in [1.54, 1.807) is 0 Å². The normalized spacial score (nSPS) is 10.3. The number of halogens is 2. The summed E-state index contributed by atoms with van der Waals surface area (Å²) in [6.07, 6.45) is 0. The summed E-state index contributed by atoms with van der Waals surface area (Å²) >= 11 is 10.5. The highest BCUT2D eigenvalue weighted by Crippen LogP contribution is 2.42. The van der Waals surface area contributed by atoms with Crippen molar-refractivity contribution >= 4 is 73.2 Å². The Bertz CT molecular complexity index is 2460. The van der Waals surface area contributed by atoms with E-state index in [2.05, 4.69) is 166 Å². The molecule has 0 amide bonds. The fraction of sp³-hybridized carbons (Fsp3) is 0.321. The van der Waals surface area contributed by atoms with Crippen molar-refractivity contribution in [2.75, 3.05) is 0 Å². The van der Waals surface area contributed by atoms with Crippen LogP contribution in [0.4, 0.5) is 0 Å². The Hall–Kier alpha value is -3.18. The average Bonchev–Trinajstić information content (AvgIpc) is 3.26. The number of hydrogen-bond acceptors (Lipinski definition) is 4. The number of benzene rings is 6. The van der Waals surface area contributed by atoms with E-state index in [1.807, 2.05) is 86.3 Å². The predicted octanol–water partition coefficient (Wildman–Crippen LogP) is 17.6. The van der Waals surface area contributed by atoms with Crippen molar-refractivity contribution in [3.05, 3.63) is 190 Å². The summed E-state index contributed by atoms with van der Waals surface area (Å²) < 4.78 is 0. The molecule has 0 fully saturated rings. The van der Waals surface area contributed by atoms with Gasteiger partial charge in [-0.1, -0.05) is 92.0 Å². The molecular weight excluding hydrogens is 1020 g/mol. The first-order valence-electron chi connectivity index (χ1n) is 20.7. The first kappa shape index (κ1) is 55.0. The second-order valence-electron chi connectivity index (χ2n) is 16.4. The van der Waals surface area contributed by atoms with Crippen LogP contribution in [0.25, 0.3) is 0 Å². The lowest BCUT2D eigenvalue weighted by Crippen LogP contribution is -2.10. The Morgan fingerprint density at radius 1 is 0.387 bits per heavy atom. The van der Waals surface area contributed by atoms with Crippen LogP contribution in [-0.2, 0) is 0 Å². The number of carbonyl (C=O) groups excluding carboxylic acids is 2. The summed E-state index contributed by atoms with van der Waals surface area (Å²) in [5.74, 6) is 0.240. The maximum absolute atomic E-state index is 13.3. The van der Waals surface area contributed by atoms with Crippen LogP contribution in [0, 0.1) is 118 Å². The van der Waals surface area contributed by atoms with E-state index in [1.165, 1.54) is 82.1 Å². The van der Waals surface area contributed by atoms with Gasteiger partial charge in [-0.25, -0.2) is 0 Å². The van der Waals surface area contributed by atoms with Gasteiger partial charge in [-0.15, -0.1) is 12.6 Å². The van der Waals surface area contributed by atoms with Crippen molar-refractivity contribution in [3.8, 4) is 0 Å². The fourth-order valence-corrected chi connectivity index (χ4v) is 9.51. The molecule has 0 aliphatic heterocycles. The number of hydrogen-bond donors (Lipinski definition) is 1. The summed E-state index contributed by atoms with van der Waals surface area (Å²) in [6.45, 7) is 36.2. The van der Waals surface area contributed by atoms with Gasteiger partial charge in [-0.05, 0) is 212 Å². The van der Waals surface area contributed by atoms with Crippen LogP contribution in [0.2, 0.25) is 0 Å². The van der Waals surface area contributed by atoms with Gasteiger partial charge in [-0.3, -0.25) is 9.59 Å². The minimum Gasteiger partial charge on any atom is -0.289 e. The van der Waals surface area contributed by atoms with E-state index >= 15 is 0 Å². The zero-order valence-electron chi connectivity index (χ0n) is 39.4.